The van der Waals surface area contributed by atoms with Gasteiger partial charge >= 0.3 is 0 Å². The molecule has 9 bridgehead atoms. The van der Waals surface area contributed by atoms with Gasteiger partial charge in [-0.15, -0.1) is 0 Å². The monoisotopic (exact) mass is 364 g/mol. The number of fused-ring (bicyclic) bond motifs is 2. The van der Waals surface area contributed by atoms with Crippen LogP contribution in [0.2, 0.25) is 0 Å². The summed E-state index contributed by atoms with van der Waals surface area (Å²) < 4.78 is 12.2. The number of para-hydroxylation sites is 1. The van der Waals surface area contributed by atoms with Gasteiger partial charge in [0.25, 0.3) is 0 Å². The number of Topliss-reactive ketones (excluding diaryl/α,β-unsaturated/α-hetero) is 1. The maximum Gasteiger partial charge on any atom is 0.177 e. The SMILES string of the molecule is COc1cccc2c1N[C@]13CC[C@]45C=CCN6[C@H]4[C@]21[C@@H]1C(=O)[C@@]3(O)[C@H]5O[C@@H]16. The lowest BCUT2D eigenvalue weighted by Gasteiger charge is -2.71. The van der Waals surface area contributed by atoms with Crippen molar-refractivity contribution < 1.29 is 19.4 Å². The molecule has 10 rings (SSSR count). The minimum absolute atomic E-state index is 0.00547. The molecule has 4 aliphatic carbocycles. The van der Waals surface area contributed by atoms with Crippen LogP contribution in [0.15, 0.2) is 30.4 Å². The molecule has 1 aromatic rings. The Labute approximate surface area is 156 Å². The van der Waals surface area contributed by atoms with Crippen molar-refractivity contribution in [2.45, 2.75) is 47.8 Å². The first-order valence-electron chi connectivity index (χ1n) is 9.89. The highest BCUT2D eigenvalue weighted by atomic mass is 16.5. The van der Waals surface area contributed by atoms with Gasteiger partial charge in [0.15, 0.2) is 11.4 Å². The Bertz CT molecular complexity index is 1020. The highest BCUT2D eigenvalue weighted by Gasteiger charge is 2.98. The zero-order chi connectivity index (χ0) is 18.0. The van der Waals surface area contributed by atoms with Crippen molar-refractivity contribution in [3.05, 3.63) is 35.9 Å². The van der Waals surface area contributed by atoms with Crippen molar-refractivity contribution in [2.24, 2.45) is 11.3 Å². The predicted molar refractivity (Wildman–Crippen MR) is 94.4 cm³/mol. The number of hydrogen-bond acceptors (Lipinski definition) is 6. The number of anilines is 1. The van der Waals surface area contributed by atoms with Crippen molar-refractivity contribution in [3.8, 4) is 5.75 Å². The minimum atomic E-state index is -1.49. The number of carbonyl (C=O) groups excluding carboxylic acids is 1. The molecule has 9 atom stereocenters. The number of ketones is 1. The molecule has 0 aromatic heterocycles. The summed E-state index contributed by atoms with van der Waals surface area (Å²) in [5.74, 6) is 0.457. The van der Waals surface area contributed by atoms with Crippen LogP contribution in [-0.4, -0.2) is 59.0 Å². The third kappa shape index (κ3) is 0.921. The molecule has 138 valence electrons. The summed E-state index contributed by atoms with van der Waals surface area (Å²) in [6, 6.07) is 6.30. The number of nitrogens with zero attached hydrogens (tertiary/aromatic N) is 1. The predicted octanol–water partition coefficient (Wildman–Crippen LogP) is 0.800. The van der Waals surface area contributed by atoms with Crippen LogP contribution in [0.1, 0.15) is 18.4 Å². The fourth-order valence-corrected chi connectivity index (χ4v) is 8.86. The van der Waals surface area contributed by atoms with E-state index in [0.717, 1.165) is 36.4 Å². The largest absolute Gasteiger partial charge is 0.495 e. The van der Waals surface area contributed by atoms with E-state index < -0.39 is 22.7 Å². The average molecular weight is 364 g/mol. The fraction of sp³-hybridized carbons (Fsp3) is 0.571. The summed E-state index contributed by atoms with van der Waals surface area (Å²) in [5.41, 5.74) is -0.839. The number of rotatable bonds is 1. The van der Waals surface area contributed by atoms with Gasteiger partial charge in [-0.2, -0.15) is 0 Å². The number of carbonyl (C=O) groups is 1. The van der Waals surface area contributed by atoms with Gasteiger partial charge in [-0.1, -0.05) is 24.3 Å². The van der Waals surface area contributed by atoms with Gasteiger partial charge in [0.05, 0.1) is 29.7 Å². The molecule has 5 aliphatic heterocycles. The molecule has 27 heavy (non-hydrogen) atoms. The van der Waals surface area contributed by atoms with Crippen LogP contribution < -0.4 is 10.1 Å². The third-order valence-corrected chi connectivity index (χ3v) is 9.24. The number of nitrogens with one attached hydrogen (secondary N) is 1. The van der Waals surface area contributed by atoms with E-state index in [9.17, 15) is 9.90 Å². The minimum Gasteiger partial charge on any atom is -0.495 e. The highest BCUT2D eigenvalue weighted by molar-refractivity contribution is 6.04. The van der Waals surface area contributed by atoms with Crippen molar-refractivity contribution in [2.75, 3.05) is 19.0 Å². The Balaban J connectivity index is 1.58. The Kier molecular flexibility index (Phi) is 1.87. The summed E-state index contributed by atoms with van der Waals surface area (Å²) in [5, 5.41) is 15.8. The lowest BCUT2D eigenvalue weighted by molar-refractivity contribution is -0.306. The maximum atomic E-state index is 13.7. The van der Waals surface area contributed by atoms with E-state index in [2.05, 4.69) is 28.4 Å². The van der Waals surface area contributed by atoms with E-state index in [-0.39, 0.29) is 29.4 Å². The van der Waals surface area contributed by atoms with Crippen LogP contribution in [0, 0.1) is 11.3 Å². The van der Waals surface area contributed by atoms with Crippen LogP contribution in [-0.2, 0) is 14.9 Å². The quantitative estimate of drug-likeness (QED) is 0.719. The Morgan fingerprint density at radius 3 is 3.11 bits per heavy atom. The number of methoxy groups -OCH3 is 1. The van der Waals surface area contributed by atoms with E-state index in [4.69, 9.17) is 9.47 Å². The average Bonchev–Trinajstić information content (AvgIpc) is 3.15. The number of aliphatic hydroxyl groups is 1. The van der Waals surface area contributed by atoms with E-state index in [1.165, 1.54) is 0 Å². The highest BCUT2D eigenvalue weighted by Crippen LogP contribution is 2.83. The van der Waals surface area contributed by atoms with Crippen molar-refractivity contribution in [1.82, 2.24) is 4.90 Å². The van der Waals surface area contributed by atoms with Crippen LogP contribution in [0.3, 0.4) is 0 Å². The second-order valence-electron chi connectivity index (χ2n) is 9.41. The molecule has 1 unspecified atom stereocenters. The summed E-state index contributed by atoms with van der Waals surface area (Å²) >= 11 is 0. The first kappa shape index (κ1) is 14.2. The second kappa shape index (κ2) is 3.56. The van der Waals surface area contributed by atoms with Gasteiger partial charge in [0, 0.05) is 18.0 Å². The molecule has 4 saturated carbocycles. The molecule has 6 heteroatoms. The number of benzene rings is 1. The van der Waals surface area contributed by atoms with Crippen molar-refractivity contribution in [3.63, 3.8) is 0 Å². The maximum absolute atomic E-state index is 13.7. The topological polar surface area (TPSA) is 71.0 Å². The second-order valence-corrected chi connectivity index (χ2v) is 9.41. The molecule has 0 radical (unpaired) electrons. The first-order chi connectivity index (χ1) is 13.1. The van der Waals surface area contributed by atoms with E-state index >= 15 is 0 Å². The number of hydrogen-bond donors (Lipinski definition) is 2. The molecule has 1 aromatic carbocycles. The van der Waals surface area contributed by atoms with Crippen LogP contribution in [0.5, 0.6) is 5.75 Å². The lowest BCUT2D eigenvalue weighted by Crippen LogP contribution is -2.87. The molecule has 6 nitrogen and oxygen atoms in total. The van der Waals surface area contributed by atoms with Gasteiger partial charge in [0.2, 0.25) is 0 Å². The van der Waals surface area contributed by atoms with Gasteiger partial charge in [0.1, 0.15) is 18.1 Å². The van der Waals surface area contributed by atoms with Gasteiger partial charge in [-0.25, -0.2) is 0 Å². The standard InChI is InChI=1S/C21H20N2O4/c1-26-11-5-2-4-10-13(11)22-19-8-7-18-6-3-9-23-15-12(20(10,19)16(18)23)14(24)21(19,25)17(18)27-15/h2-6,12,15-17,22,25H,7-9H2,1H3/t12-,15+,16-,17+,18-,19-,20-,21-/m1/s1. The number of ether oxygens (including phenoxy) is 2. The van der Waals surface area contributed by atoms with Gasteiger partial charge < -0.3 is 19.9 Å². The molecule has 3 spiro atoms. The zero-order valence-corrected chi connectivity index (χ0v) is 14.9. The van der Waals surface area contributed by atoms with E-state index in [0.29, 0.717) is 0 Å². The molecule has 2 N–H and O–H groups in total. The normalized spacial score (nSPS) is 58.6. The molecule has 3 saturated heterocycles. The Hall–Kier alpha value is -1.89. The van der Waals surface area contributed by atoms with Crippen molar-refractivity contribution in [1.29, 1.82) is 0 Å². The molecule has 7 fully saturated rings. The summed E-state index contributed by atoms with van der Waals surface area (Å²) in [6.45, 7) is 0.809. The van der Waals surface area contributed by atoms with Crippen LogP contribution >= 0.6 is 0 Å². The molecular weight excluding hydrogens is 344 g/mol. The lowest BCUT2D eigenvalue weighted by atomic mass is 9.40. The molecule has 9 aliphatic rings. The molecular formula is C21H20N2O4. The van der Waals surface area contributed by atoms with Crippen molar-refractivity contribution >= 4 is 11.5 Å². The molecule has 5 heterocycles. The summed E-state index contributed by atoms with van der Waals surface area (Å²) in [6.07, 6.45) is 5.49. The van der Waals surface area contributed by atoms with Crippen LogP contribution in [0.4, 0.5) is 5.69 Å². The Morgan fingerprint density at radius 2 is 2.26 bits per heavy atom. The smallest absolute Gasteiger partial charge is 0.177 e. The fourth-order valence-electron chi connectivity index (χ4n) is 8.86. The third-order valence-electron chi connectivity index (χ3n) is 9.24. The molecule has 0 amide bonds. The summed E-state index contributed by atoms with van der Waals surface area (Å²) in [4.78, 5) is 16.1. The Morgan fingerprint density at radius 1 is 1.37 bits per heavy atom. The van der Waals surface area contributed by atoms with Gasteiger partial charge in [-0.05, 0) is 24.5 Å². The van der Waals surface area contributed by atoms with E-state index in [1.807, 2.05) is 12.1 Å². The summed E-state index contributed by atoms with van der Waals surface area (Å²) in [7, 11) is 1.68. The first-order valence-corrected chi connectivity index (χ1v) is 9.89. The zero-order valence-electron chi connectivity index (χ0n) is 14.9. The van der Waals surface area contributed by atoms with E-state index in [1.54, 1.807) is 7.11 Å². The van der Waals surface area contributed by atoms with Gasteiger partial charge in [-0.3, -0.25) is 9.69 Å². The van der Waals surface area contributed by atoms with Crippen LogP contribution in [0.25, 0.3) is 0 Å².